The first-order valence-corrected chi connectivity index (χ1v) is 6.70. The third-order valence-electron chi connectivity index (χ3n) is 1.78. The largest absolute Gasteiger partial charge is 0.230 e. The molecule has 0 atom stereocenters. The molecule has 94 valence electrons. The highest BCUT2D eigenvalue weighted by atomic mass is 33.1. The highest BCUT2D eigenvalue weighted by Crippen LogP contribution is 2.38. The number of aromatic nitrogens is 2. The maximum Gasteiger partial charge on any atom is 0.230 e. The third-order valence-corrected chi connectivity index (χ3v) is 4.16. The zero-order valence-electron chi connectivity index (χ0n) is 8.53. The first kappa shape index (κ1) is 13.2. The van der Waals surface area contributed by atoms with Crippen LogP contribution in [-0.2, 0) is 0 Å². The molecule has 0 fully saturated rings. The summed E-state index contributed by atoms with van der Waals surface area (Å²) in [6, 6.07) is 4.35. The van der Waals surface area contributed by atoms with Crippen LogP contribution in [0.25, 0.3) is 0 Å². The number of nitrogens with zero attached hydrogens (tertiary/aromatic N) is 2. The summed E-state index contributed by atoms with van der Waals surface area (Å²) in [5.74, 6) is -3.83. The molecule has 2 heterocycles. The minimum absolute atomic E-state index is 0.0464. The van der Waals surface area contributed by atoms with E-state index in [1.54, 1.807) is 0 Å². The normalized spacial score (nSPS) is 10.7. The highest BCUT2D eigenvalue weighted by Gasteiger charge is 2.10. The van der Waals surface area contributed by atoms with Crippen molar-refractivity contribution in [2.24, 2.45) is 0 Å². The molecule has 0 radical (unpaired) electrons. The van der Waals surface area contributed by atoms with Crippen molar-refractivity contribution in [3.63, 3.8) is 0 Å². The molecule has 0 bridgehead atoms. The lowest BCUT2D eigenvalue weighted by Gasteiger charge is -2.02. The van der Waals surface area contributed by atoms with Crippen LogP contribution in [-0.4, -0.2) is 9.97 Å². The maximum atomic E-state index is 13.2. The monoisotopic (exact) mass is 292 g/mol. The summed E-state index contributed by atoms with van der Waals surface area (Å²) >= 11 is 0. The molecule has 2 rings (SSSR count). The minimum Gasteiger partial charge on any atom is -0.190 e. The van der Waals surface area contributed by atoms with Crippen LogP contribution in [0.3, 0.4) is 0 Å². The van der Waals surface area contributed by atoms with Gasteiger partial charge in [0.25, 0.3) is 0 Å². The number of hydrogen-bond acceptors (Lipinski definition) is 4. The Morgan fingerprint density at radius 1 is 0.667 bits per heavy atom. The topological polar surface area (TPSA) is 25.8 Å². The van der Waals surface area contributed by atoms with Crippen LogP contribution in [0.15, 0.2) is 34.1 Å². The summed E-state index contributed by atoms with van der Waals surface area (Å²) in [4.78, 5) is 6.06. The summed E-state index contributed by atoms with van der Waals surface area (Å²) in [5, 5.41) is 0. The van der Waals surface area contributed by atoms with Crippen molar-refractivity contribution >= 4 is 21.6 Å². The molecule has 8 heteroatoms. The van der Waals surface area contributed by atoms with Gasteiger partial charge in [-0.05, 0) is 45.9 Å². The van der Waals surface area contributed by atoms with Crippen LogP contribution in [0.5, 0.6) is 0 Å². The van der Waals surface area contributed by atoms with E-state index in [1.165, 1.54) is 12.1 Å². The van der Waals surface area contributed by atoms with Crippen molar-refractivity contribution < 1.29 is 17.6 Å². The molecule has 18 heavy (non-hydrogen) atoms. The number of pyridine rings is 2. The van der Waals surface area contributed by atoms with E-state index < -0.39 is 23.8 Å². The van der Waals surface area contributed by atoms with Crippen LogP contribution in [0.4, 0.5) is 17.6 Å². The Balaban J connectivity index is 2.11. The van der Waals surface area contributed by atoms with Gasteiger partial charge in [0.05, 0.1) is 9.79 Å². The van der Waals surface area contributed by atoms with E-state index in [4.69, 9.17) is 0 Å². The van der Waals surface area contributed by atoms with Gasteiger partial charge in [0, 0.05) is 0 Å². The van der Waals surface area contributed by atoms with Gasteiger partial charge in [-0.1, -0.05) is 0 Å². The van der Waals surface area contributed by atoms with Crippen molar-refractivity contribution in [1.29, 1.82) is 0 Å². The van der Waals surface area contributed by atoms with Crippen LogP contribution in [0.2, 0.25) is 0 Å². The van der Waals surface area contributed by atoms with Crippen LogP contribution in [0.1, 0.15) is 0 Å². The molecule has 0 aliphatic carbocycles. The van der Waals surface area contributed by atoms with Crippen molar-refractivity contribution in [2.45, 2.75) is 9.79 Å². The predicted octanol–water partition coefficient (Wildman–Crippen LogP) is 3.83. The molecule has 0 N–H and O–H groups in total. The molecular weight excluding hydrogens is 288 g/mol. The molecule has 0 spiro atoms. The summed E-state index contributed by atoms with van der Waals surface area (Å²) in [6.07, 6.45) is 0. The predicted molar refractivity (Wildman–Crippen MR) is 60.0 cm³/mol. The smallest absolute Gasteiger partial charge is 0.190 e. The molecule has 2 aromatic heterocycles. The molecule has 0 unspecified atom stereocenters. The first-order chi connectivity index (χ1) is 8.56. The lowest BCUT2D eigenvalue weighted by atomic mass is 10.5. The van der Waals surface area contributed by atoms with E-state index in [9.17, 15) is 17.6 Å². The lowest BCUT2D eigenvalue weighted by molar-refractivity contribution is 0.494. The number of hydrogen-bond donors (Lipinski definition) is 0. The SMILES string of the molecule is Fc1ccc(SSc2ccc(F)nc2F)c(F)n1. The van der Waals surface area contributed by atoms with Crippen molar-refractivity contribution in [3.8, 4) is 0 Å². The fourth-order valence-electron chi connectivity index (χ4n) is 1.01. The molecule has 0 saturated carbocycles. The van der Waals surface area contributed by atoms with Crippen molar-refractivity contribution in [3.05, 3.63) is 48.1 Å². The van der Waals surface area contributed by atoms with Crippen molar-refractivity contribution in [2.75, 3.05) is 0 Å². The third kappa shape index (κ3) is 3.14. The maximum absolute atomic E-state index is 13.2. The van der Waals surface area contributed by atoms with Gasteiger partial charge < -0.3 is 0 Å². The Morgan fingerprint density at radius 3 is 1.39 bits per heavy atom. The van der Waals surface area contributed by atoms with E-state index >= 15 is 0 Å². The Bertz CT molecular complexity index is 528. The zero-order valence-corrected chi connectivity index (χ0v) is 10.2. The fourth-order valence-corrected chi connectivity index (χ4v) is 2.95. The Hall–Kier alpha value is -1.28. The van der Waals surface area contributed by atoms with Crippen LogP contribution >= 0.6 is 21.6 Å². The molecule has 0 aliphatic heterocycles. The Morgan fingerprint density at radius 2 is 1.06 bits per heavy atom. The van der Waals surface area contributed by atoms with Crippen LogP contribution in [0, 0.1) is 23.8 Å². The van der Waals surface area contributed by atoms with Gasteiger partial charge in [0.2, 0.25) is 23.8 Å². The van der Waals surface area contributed by atoms with Gasteiger partial charge >= 0.3 is 0 Å². The van der Waals surface area contributed by atoms with Crippen molar-refractivity contribution in [1.82, 2.24) is 9.97 Å². The second-order valence-corrected chi connectivity index (χ2v) is 5.23. The van der Waals surface area contributed by atoms with E-state index in [-0.39, 0.29) is 9.79 Å². The standard InChI is InChI=1S/C10H4F4N2S2/c11-7-3-1-5(9(13)15-7)17-18-6-2-4-8(12)16-10(6)14/h1-4H. The van der Waals surface area contributed by atoms with Gasteiger partial charge in [-0.25, -0.2) is 0 Å². The van der Waals surface area contributed by atoms with Gasteiger partial charge in [-0.15, -0.1) is 0 Å². The average molecular weight is 292 g/mol. The second kappa shape index (κ2) is 5.57. The molecular formula is C10H4F4N2S2. The quantitative estimate of drug-likeness (QED) is 0.488. The number of rotatable bonds is 3. The van der Waals surface area contributed by atoms with Gasteiger partial charge in [-0.3, -0.25) is 0 Å². The summed E-state index contributed by atoms with van der Waals surface area (Å²) in [5.41, 5.74) is 0. The Labute approximate surface area is 107 Å². The lowest BCUT2D eigenvalue weighted by Crippen LogP contribution is -1.91. The van der Waals surface area contributed by atoms with E-state index in [1.807, 2.05) is 0 Å². The van der Waals surface area contributed by atoms with Gasteiger partial charge in [-0.2, -0.15) is 27.5 Å². The van der Waals surface area contributed by atoms with E-state index in [0.29, 0.717) is 0 Å². The summed E-state index contributed by atoms with van der Waals surface area (Å²) in [6.45, 7) is 0. The molecule has 2 nitrogen and oxygen atoms in total. The second-order valence-electron chi connectivity index (χ2n) is 3.01. The van der Waals surface area contributed by atoms with E-state index in [0.717, 1.165) is 33.7 Å². The highest BCUT2D eigenvalue weighted by molar-refractivity contribution is 8.76. The summed E-state index contributed by atoms with van der Waals surface area (Å²) < 4.78 is 51.4. The molecule has 0 aliphatic rings. The first-order valence-electron chi connectivity index (χ1n) is 4.55. The molecule has 0 saturated heterocycles. The molecule has 2 aromatic rings. The number of halogens is 4. The molecule has 0 aromatic carbocycles. The van der Waals surface area contributed by atoms with Crippen LogP contribution < -0.4 is 0 Å². The summed E-state index contributed by atoms with van der Waals surface area (Å²) in [7, 11) is 1.68. The average Bonchev–Trinajstić information content (AvgIpc) is 2.30. The molecule has 0 amide bonds. The van der Waals surface area contributed by atoms with Gasteiger partial charge in [0.15, 0.2) is 0 Å². The minimum atomic E-state index is -0.983. The van der Waals surface area contributed by atoms with E-state index in [2.05, 4.69) is 9.97 Å². The zero-order chi connectivity index (χ0) is 13.1. The van der Waals surface area contributed by atoms with Gasteiger partial charge in [0.1, 0.15) is 0 Å². The fraction of sp³-hybridized carbons (Fsp3) is 0. The Kier molecular flexibility index (Phi) is 4.07.